The lowest BCUT2D eigenvalue weighted by Crippen LogP contribution is -2.28. The van der Waals surface area contributed by atoms with E-state index >= 15 is 0 Å². The predicted octanol–water partition coefficient (Wildman–Crippen LogP) is 1.25. The minimum atomic E-state index is -1.52. The minimum absolute atomic E-state index is 0.0633. The zero-order valence-electron chi connectivity index (χ0n) is 10.3. The van der Waals surface area contributed by atoms with Crippen LogP contribution in [0.2, 0.25) is 0 Å². The Kier molecular flexibility index (Phi) is 4.38. The number of anilines is 1. The van der Waals surface area contributed by atoms with Crippen molar-refractivity contribution in [1.29, 1.82) is 0 Å². The summed E-state index contributed by atoms with van der Waals surface area (Å²) in [6.07, 6.45) is -0.757. The van der Waals surface area contributed by atoms with E-state index in [0.717, 1.165) is 6.07 Å². The van der Waals surface area contributed by atoms with Crippen molar-refractivity contribution < 1.29 is 24.3 Å². The molecule has 0 heterocycles. The highest BCUT2D eigenvalue weighted by Crippen LogP contribution is 2.28. The molecule has 0 radical (unpaired) electrons. The van der Waals surface area contributed by atoms with E-state index < -0.39 is 34.1 Å². The molecular weight excluding hydrogens is 259 g/mol. The van der Waals surface area contributed by atoms with E-state index in [2.05, 4.69) is 0 Å². The average molecular weight is 272 g/mol. The third kappa shape index (κ3) is 3.38. The molecule has 0 amide bonds. The first kappa shape index (κ1) is 14.8. The fourth-order valence-corrected chi connectivity index (χ4v) is 1.66. The predicted molar refractivity (Wildman–Crippen MR) is 65.0 cm³/mol. The van der Waals surface area contributed by atoms with Gasteiger partial charge in [-0.1, -0.05) is 0 Å². The molecule has 1 aromatic rings. The first-order chi connectivity index (χ1) is 8.73. The Morgan fingerprint density at radius 2 is 2.16 bits per heavy atom. The smallest absolute Gasteiger partial charge is 0.342 e. The lowest BCUT2D eigenvalue weighted by molar-refractivity contribution is -0.385. The van der Waals surface area contributed by atoms with Gasteiger partial charge in [-0.15, -0.1) is 0 Å². The van der Waals surface area contributed by atoms with Crippen LogP contribution in [-0.2, 0) is 0 Å². The van der Waals surface area contributed by atoms with Crippen LogP contribution in [0.25, 0.3) is 0 Å². The number of hydrogen-bond acceptors (Lipinski definition) is 5. The van der Waals surface area contributed by atoms with E-state index in [1.807, 2.05) is 0 Å². The molecule has 1 aromatic carbocycles. The summed E-state index contributed by atoms with van der Waals surface area (Å²) in [4.78, 5) is 21.9. The largest absolute Gasteiger partial charge is 0.477 e. The van der Waals surface area contributed by atoms with Crippen LogP contribution in [0.15, 0.2) is 12.1 Å². The van der Waals surface area contributed by atoms with Gasteiger partial charge in [-0.05, 0) is 13.0 Å². The summed E-state index contributed by atoms with van der Waals surface area (Å²) >= 11 is 0. The maximum Gasteiger partial charge on any atom is 0.342 e. The number of halogens is 1. The van der Waals surface area contributed by atoms with E-state index in [1.54, 1.807) is 0 Å². The Bertz CT molecular complexity index is 518. The molecule has 0 aliphatic carbocycles. The number of carboxylic acids is 1. The molecule has 1 atom stereocenters. The van der Waals surface area contributed by atoms with Gasteiger partial charge in [0.25, 0.3) is 5.69 Å². The summed E-state index contributed by atoms with van der Waals surface area (Å²) in [6.45, 7) is 1.55. The highest BCUT2D eigenvalue weighted by Gasteiger charge is 2.24. The maximum absolute atomic E-state index is 13.7. The number of carboxylic acid groups (broad SMARTS) is 1. The number of nitro benzene ring substituents is 1. The molecule has 2 N–H and O–H groups in total. The Morgan fingerprint density at radius 3 is 2.58 bits per heavy atom. The van der Waals surface area contributed by atoms with Crippen LogP contribution in [-0.4, -0.2) is 40.8 Å². The minimum Gasteiger partial charge on any atom is -0.477 e. The molecule has 19 heavy (non-hydrogen) atoms. The summed E-state index contributed by atoms with van der Waals surface area (Å²) < 4.78 is 13.7. The molecule has 8 heteroatoms. The number of rotatable bonds is 5. The number of nitro groups is 1. The van der Waals surface area contributed by atoms with Crippen LogP contribution in [0.5, 0.6) is 0 Å². The van der Waals surface area contributed by atoms with E-state index in [4.69, 9.17) is 5.11 Å². The quantitative estimate of drug-likeness (QED) is 0.617. The highest BCUT2D eigenvalue weighted by atomic mass is 19.1. The normalized spacial score (nSPS) is 12.0. The van der Waals surface area contributed by atoms with Gasteiger partial charge in [-0.2, -0.15) is 0 Å². The third-order valence-electron chi connectivity index (χ3n) is 2.44. The van der Waals surface area contributed by atoms with Crippen LogP contribution in [0.4, 0.5) is 15.8 Å². The second kappa shape index (κ2) is 5.61. The standard InChI is InChI=1S/C11H13FN2O5/c1-6(15)5-13(2)10-3-7(11(16)17)9(14(18)19)4-8(10)12/h3-4,6,15H,5H2,1-2H3,(H,16,17). The van der Waals surface area contributed by atoms with Crippen molar-refractivity contribution in [2.24, 2.45) is 0 Å². The summed E-state index contributed by atoms with van der Waals surface area (Å²) in [5.41, 5.74) is -1.53. The molecule has 0 saturated carbocycles. The van der Waals surface area contributed by atoms with E-state index in [0.29, 0.717) is 6.07 Å². The Morgan fingerprint density at radius 1 is 1.58 bits per heavy atom. The molecule has 0 fully saturated rings. The van der Waals surface area contributed by atoms with E-state index in [-0.39, 0.29) is 12.2 Å². The molecule has 0 spiro atoms. The molecule has 0 aromatic heterocycles. The molecule has 0 saturated heterocycles. The SMILES string of the molecule is CC(O)CN(C)c1cc(C(=O)O)c([N+](=O)[O-])cc1F. The van der Waals surface area contributed by atoms with Crippen molar-refractivity contribution in [2.75, 3.05) is 18.5 Å². The molecule has 0 aliphatic heterocycles. The van der Waals surface area contributed by atoms with Gasteiger partial charge in [0.05, 0.1) is 22.8 Å². The molecule has 0 bridgehead atoms. The van der Waals surface area contributed by atoms with Gasteiger partial charge in [0, 0.05) is 13.6 Å². The second-order valence-corrected chi connectivity index (χ2v) is 4.11. The maximum atomic E-state index is 13.7. The third-order valence-corrected chi connectivity index (χ3v) is 2.44. The lowest BCUT2D eigenvalue weighted by Gasteiger charge is -2.21. The molecule has 1 rings (SSSR count). The van der Waals surface area contributed by atoms with Crippen molar-refractivity contribution >= 4 is 17.3 Å². The number of likely N-dealkylation sites (N-methyl/N-ethyl adjacent to an activating group) is 1. The van der Waals surface area contributed by atoms with Crippen LogP contribution in [0.3, 0.4) is 0 Å². The van der Waals surface area contributed by atoms with E-state index in [9.17, 15) is 24.4 Å². The van der Waals surface area contributed by atoms with Gasteiger partial charge in [-0.3, -0.25) is 10.1 Å². The van der Waals surface area contributed by atoms with Crippen molar-refractivity contribution in [3.63, 3.8) is 0 Å². The average Bonchev–Trinajstić information content (AvgIpc) is 2.26. The number of aliphatic hydroxyl groups is 1. The number of carbonyl (C=O) groups is 1. The summed E-state index contributed by atoms with van der Waals surface area (Å²) in [6, 6.07) is 1.45. The Hall–Kier alpha value is -2.22. The van der Waals surface area contributed by atoms with Gasteiger partial charge in [0.1, 0.15) is 5.56 Å². The summed E-state index contributed by atoms with van der Waals surface area (Å²) in [7, 11) is 1.45. The zero-order chi connectivity index (χ0) is 14.7. The Labute approximate surface area is 108 Å². The molecule has 7 nitrogen and oxygen atoms in total. The van der Waals surface area contributed by atoms with Crippen LogP contribution >= 0.6 is 0 Å². The molecule has 0 aliphatic rings. The fraction of sp³-hybridized carbons (Fsp3) is 0.364. The molecular formula is C11H13FN2O5. The first-order valence-corrected chi connectivity index (χ1v) is 5.34. The summed E-state index contributed by atoms with van der Waals surface area (Å²) in [5, 5.41) is 28.8. The van der Waals surface area contributed by atoms with Crippen molar-refractivity contribution in [3.05, 3.63) is 33.6 Å². The zero-order valence-corrected chi connectivity index (χ0v) is 10.3. The molecule has 104 valence electrons. The number of benzene rings is 1. The number of aromatic carboxylic acids is 1. The van der Waals surface area contributed by atoms with Gasteiger partial charge in [0.15, 0.2) is 5.82 Å². The van der Waals surface area contributed by atoms with Crippen LogP contribution in [0.1, 0.15) is 17.3 Å². The Balaban J connectivity index is 3.32. The van der Waals surface area contributed by atoms with Crippen LogP contribution < -0.4 is 4.90 Å². The van der Waals surface area contributed by atoms with Crippen molar-refractivity contribution in [2.45, 2.75) is 13.0 Å². The van der Waals surface area contributed by atoms with Gasteiger partial charge in [-0.25, -0.2) is 9.18 Å². The number of aliphatic hydroxyl groups excluding tert-OH is 1. The second-order valence-electron chi connectivity index (χ2n) is 4.11. The van der Waals surface area contributed by atoms with Crippen molar-refractivity contribution in [1.82, 2.24) is 0 Å². The number of nitrogens with zero attached hydrogens (tertiary/aromatic N) is 2. The number of hydrogen-bond donors (Lipinski definition) is 2. The van der Waals surface area contributed by atoms with Gasteiger partial charge in [0.2, 0.25) is 0 Å². The van der Waals surface area contributed by atoms with Crippen LogP contribution in [0, 0.1) is 15.9 Å². The van der Waals surface area contributed by atoms with Gasteiger partial charge < -0.3 is 15.1 Å². The summed E-state index contributed by atoms with van der Waals surface area (Å²) in [5.74, 6) is -2.43. The topological polar surface area (TPSA) is 104 Å². The lowest BCUT2D eigenvalue weighted by atomic mass is 10.1. The fourth-order valence-electron chi connectivity index (χ4n) is 1.66. The molecule has 1 unspecified atom stereocenters. The van der Waals surface area contributed by atoms with Crippen molar-refractivity contribution in [3.8, 4) is 0 Å². The van der Waals surface area contributed by atoms with E-state index in [1.165, 1.54) is 18.9 Å². The monoisotopic (exact) mass is 272 g/mol. The first-order valence-electron chi connectivity index (χ1n) is 5.34. The van der Waals surface area contributed by atoms with Gasteiger partial charge >= 0.3 is 5.97 Å². The highest BCUT2D eigenvalue weighted by molar-refractivity contribution is 5.93.